The Kier molecular flexibility index (Phi) is 5.35. The lowest BCUT2D eigenvalue weighted by Crippen LogP contribution is -2.50. The van der Waals surface area contributed by atoms with Crippen LogP contribution in [0.25, 0.3) is 0 Å². The number of sulfone groups is 1. The third-order valence-corrected chi connectivity index (χ3v) is 7.29. The van der Waals surface area contributed by atoms with Gasteiger partial charge < -0.3 is 5.32 Å². The van der Waals surface area contributed by atoms with Gasteiger partial charge >= 0.3 is 0 Å². The van der Waals surface area contributed by atoms with E-state index >= 15 is 0 Å². The highest BCUT2D eigenvalue weighted by atomic mass is 32.2. The zero-order valence-electron chi connectivity index (χ0n) is 11.1. The third kappa shape index (κ3) is 3.62. The predicted molar refractivity (Wildman–Crippen MR) is 77.7 cm³/mol. The van der Waals surface area contributed by atoms with Crippen molar-refractivity contribution >= 4 is 21.6 Å². The summed E-state index contributed by atoms with van der Waals surface area (Å²) in [5, 5.41) is 3.12. The number of hydrogen-bond acceptors (Lipinski definition) is 5. The van der Waals surface area contributed by atoms with E-state index in [2.05, 4.69) is 10.2 Å². The smallest absolute Gasteiger partial charge is 0.166 e. The molecule has 2 rings (SSSR count). The van der Waals surface area contributed by atoms with Crippen molar-refractivity contribution in [3.8, 4) is 0 Å². The zero-order chi connectivity index (χ0) is 13.0. The quantitative estimate of drug-likeness (QED) is 0.830. The van der Waals surface area contributed by atoms with Crippen LogP contribution in [-0.4, -0.2) is 62.1 Å². The SMILES string of the molecule is CCS(=O)(=O)C1CSCCN1CC1CCNCC1. The first-order valence-electron chi connectivity index (χ1n) is 6.87. The molecule has 1 N–H and O–H groups in total. The fourth-order valence-corrected chi connectivity index (χ4v) is 5.83. The van der Waals surface area contributed by atoms with E-state index in [1.807, 2.05) is 0 Å². The van der Waals surface area contributed by atoms with Crippen LogP contribution >= 0.6 is 11.8 Å². The second kappa shape index (κ2) is 6.59. The molecule has 2 saturated heterocycles. The van der Waals surface area contributed by atoms with Gasteiger partial charge in [0.1, 0.15) is 5.37 Å². The summed E-state index contributed by atoms with van der Waals surface area (Å²) in [6, 6.07) is 0. The minimum atomic E-state index is -2.93. The molecule has 6 heteroatoms. The van der Waals surface area contributed by atoms with E-state index in [-0.39, 0.29) is 11.1 Å². The molecule has 0 aromatic carbocycles. The Morgan fingerprint density at radius 3 is 2.72 bits per heavy atom. The first kappa shape index (κ1) is 14.6. The van der Waals surface area contributed by atoms with Crippen LogP contribution in [0, 0.1) is 5.92 Å². The van der Waals surface area contributed by atoms with Gasteiger partial charge in [-0.25, -0.2) is 8.42 Å². The summed E-state index contributed by atoms with van der Waals surface area (Å²) in [7, 11) is -2.93. The predicted octanol–water partition coefficient (Wildman–Crippen LogP) is 0.796. The summed E-state index contributed by atoms with van der Waals surface area (Å²) in [6.07, 6.45) is 2.37. The van der Waals surface area contributed by atoms with Crippen molar-refractivity contribution in [1.29, 1.82) is 0 Å². The molecule has 2 aliphatic heterocycles. The molecule has 1 unspecified atom stereocenters. The summed E-state index contributed by atoms with van der Waals surface area (Å²) in [5.74, 6) is 2.76. The van der Waals surface area contributed by atoms with Crippen molar-refractivity contribution in [2.45, 2.75) is 25.1 Å². The number of nitrogens with zero attached hydrogens (tertiary/aromatic N) is 1. The second-order valence-electron chi connectivity index (χ2n) is 5.17. The van der Waals surface area contributed by atoms with Crippen LogP contribution < -0.4 is 5.32 Å². The van der Waals surface area contributed by atoms with Gasteiger partial charge in [0.15, 0.2) is 9.84 Å². The van der Waals surface area contributed by atoms with Crippen molar-refractivity contribution in [3.63, 3.8) is 0 Å². The van der Waals surface area contributed by atoms with Crippen LogP contribution in [0.15, 0.2) is 0 Å². The Bertz CT molecular complexity index is 353. The molecule has 0 spiro atoms. The van der Waals surface area contributed by atoms with Gasteiger partial charge in [-0.15, -0.1) is 0 Å². The van der Waals surface area contributed by atoms with Gasteiger partial charge in [0, 0.05) is 30.3 Å². The molecule has 4 nitrogen and oxygen atoms in total. The van der Waals surface area contributed by atoms with E-state index in [4.69, 9.17) is 0 Å². The number of piperidine rings is 1. The Morgan fingerprint density at radius 1 is 1.33 bits per heavy atom. The van der Waals surface area contributed by atoms with Crippen molar-refractivity contribution in [1.82, 2.24) is 10.2 Å². The number of thioether (sulfide) groups is 1. The third-order valence-electron chi connectivity index (χ3n) is 3.96. The maximum Gasteiger partial charge on any atom is 0.166 e. The minimum absolute atomic E-state index is 0.240. The van der Waals surface area contributed by atoms with Crippen LogP contribution in [0.1, 0.15) is 19.8 Å². The molecule has 18 heavy (non-hydrogen) atoms. The average molecular weight is 292 g/mol. The molecule has 0 amide bonds. The summed E-state index contributed by atoms with van der Waals surface area (Å²) in [6.45, 7) is 5.82. The molecule has 2 fully saturated rings. The largest absolute Gasteiger partial charge is 0.317 e. The van der Waals surface area contributed by atoms with Gasteiger partial charge in [-0.2, -0.15) is 11.8 Å². The standard InChI is InChI=1S/C12H24N2O2S2/c1-2-18(15,16)12-10-17-8-7-14(12)9-11-3-5-13-6-4-11/h11-13H,2-10H2,1H3. The van der Waals surface area contributed by atoms with Crippen LogP contribution in [-0.2, 0) is 9.84 Å². The van der Waals surface area contributed by atoms with E-state index in [0.29, 0.717) is 5.92 Å². The van der Waals surface area contributed by atoms with E-state index in [1.54, 1.807) is 18.7 Å². The maximum atomic E-state index is 12.1. The van der Waals surface area contributed by atoms with Gasteiger partial charge in [0.25, 0.3) is 0 Å². The average Bonchev–Trinajstić information content (AvgIpc) is 2.40. The second-order valence-corrected chi connectivity index (χ2v) is 8.77. The van der Waals surface area contributed by atoms with Crippen LogP contribution in [0.2, 0.25) is 0 Å². The summed E-state index contributed by atoms with van der Waals surface area (Å²) < 4.78 is 24.3. The number of nitrogens with one attached hydrogen (secondary N) is 1. The van der Waals surface area contributed by atoms with E-state index in [1.165, 1.54) is 12.8 Å². The Morgan fingerprint density at radius 2 is 2.06 bits per heavy atom. The first-order chi connectivity index (χ1) is 8.63. The van der Waals surface area contributed by atoms with Crippen LogP contribution in [0.4, 0.5) is 0 Å². The molecule has 2 heterocycles. The molecule has 0 aliphatic carbocycles. The van der Waals surface area contributed by atoms with Gasteiger partial charge in [0.05, 0.1) is 0 Å². The van der Waals surface area contributed by atoms with Crippen molar-refractivity contribution in [3.05, 3.63) is 0 Å². The Hall–Kier alpha value is 0.220. The molecule has 0 saturated carbocycles. The first-order valence-corrected chi connectivity index (χ1v) is 9.74. The fraction of sp³-hybridized carbons (Fsp3) is 1.00. The van der Waals surface area contributed by atoms with Crippen molar-refractivity contribution in [2.75, 3.05) is 43.4 Å². The molecule has 0 aromatic heterocycles. The van der Waals surface area contributed by atoms with Gasteiger partial charge in [-0.3, -0.25) is 4.90 Å². The lowest BCUT2D eigenvalue weighted by Gasteiger charge is -2.37. The Balaban J connectivity index is 1.99. The monoisotopic (exact) mass is 292 g/mol. The topological polar surface area (TPSA) is 49.4 Å². The normalized spacial score (nSPS) is 28.4. The molecule has 1 atom stereocenters. The lowest BCUT2D eigenvalue weighted by molar-refractivity contribution is 0.202. The molecule has 106 valence electrons. The lowest BCUT2D eigenvalue weighted by atomic mass is 9.97. The van der Waals surface area contributed by atoms with Crippen LogP contribution in [0.5, 0.6) is 0 Å². The van der Waals surface area contributed by atoms with E-state index < -0.39 is 9.84 Å². The molecule has 0 radical (unpaired) electrons. The molecule has 2 aliphatic rings. The highest BCUT2D eigenvalue weighted by Crippen LogP contribution is 2.24. The molecule has 0 aromatic rings. The minimum Gasteiger partial charge on any atom is -0.317 e. The summed E-state index contributed by atoms with van der Waals surface area (Å²) in [4.78, 5) is 2.23. The van der Waals surface area contributed by atoms with Gasteiger partial charge in [-0.1, -0.05) is 6.92 Å². The zero-order valence-corrected chi connectivity index (χ0v) is 12.7. The van der Waals surface area contributed by atoms with Gasteiger partial charge in [-0.05, 0) is 31.8 Å². The fourth-order valence-electron chi connectivity index (χ4n) is 2.74. The van der Waals surface area contributed by atoms with Crippen molar-refractivity contribution < 1.29 is 8.42 Å². The van der Waals surface area contributed by atoms with Gasteiger partial charge in [0.2, 0.25) is 0 Å². The molecular weight excluding hydrogens is 268 g/mol. The number of hydrogen-bond donors (Lipinski definition) is 1. The number of rotatable bonds is 4. The summed E-state index contributed by atoms with van der Waals surface area (Å²) >= 11 is 1.78. The van der Waals surface area contributed by atoms with E-state index in [0.717, 1.165) is 37.7 Å². The molecular formula is C12H24N2O2S2. The summed E-state index contributed by atoms with van der Waals surface area (Å²) in [5.41, 5.74) is 0. The van der Waals surface area contributed by atoms with Crippen molar-refractivity contribution in [2.24, 2.45) is 5.92 Å². The highest BCUT2D eigenvalue weighted by Gasteiger charge is 2.33. The van der Waals surface area contributed by atoms with Crippen LogP contribution in [0.3, 0.4) is 0 Å². The highest BCUT2D eigenvalue weighted by molar-refractivity contribution is 8.01. The Labute approximate surface area is 115 Å². The maximum absolute atomic E-state index is 12.1. The van der Waals surface area contributed by atoms with E-state index in [9.17, 15) is 8.42 Å². The molecule has 0 bridgehead atoms.